The molecule has 0 aliphatic carbocycles. The summed E-state index contributed by atoms with van der Waals surface area (Å²) in [6.45, 7) is 8.61. The van der Waals surface area contributed by atoms with Gasteiger partial charge in [0.2, 0.25) is 15.9 Å². The molecule has 162 valence electrons. The molecule has 1 aromatic carbocycles. The largest absolute Gasteiger partial charge is 0.337 e. The van der Waals surface area contributed by atoms with E-state index in [9.17, 15) is 13.2 Å². The number of benzene rings is 1. The smallest absolute Gasteiger partial charge is 0.246 e. The SMILES string of the molecule is Cc1nn(C(C)C)c(C)c1S(=O)(=O)N1CCN(C(=O)C=Cc2ccccc2Cl)CC1. The maximum atomic E-state index is 13.2. The number of carbonyl (C=O) groups is 1. The van der Waals surface area contributed by atoms with Gasteiger partial charge in [-0.3, -0.25) is 9.48 Å². The van der Waals surface area contributed by atoms with Gasteiger partial charge < -0.3 is 4.90 Å². The average Bonchev–Trinajstić information content (AvgIpc) is 3.02. The summed E-state index contributed by atoms with van der Waals surface area (Å²) in [7, 11) is -3.67. The van der Waals surface area contributed by atoms with Crippen molar-refractivity contribution in [2.75, 3.05) is 26.2 Å². The number of halogens is 1. The zero-order chi connectivity index (χ0) is 22.1. The second-order valence-electron chi connectivity index (χ2n) is 7.62. The Balaban J connectivity index is 1.69. The van der Waals surface area contributed by atoms with Crippen LogP contribution in [0.1, 0.15) is 36.8 Å². The Kier molecular flexibility index (Phi) is 6.69. The van der Waals surface area contributed by atoms with Gasteiger partial charge in [-0.1, -0.05) is 29.8 Å². The third-order valence-electron chi connectivity index (χ3n) is 5.21. The summed E-state index contributed by atoms with van der Waals surface area (Å²) in [6.07, 6.45) is 3.16. The second kappa shape index (κ2) is 8.91. The summed E-state index contributed by atoms with van der Waals surface area (Å²) in [5.74, 6) is -0.160. The van der Waals surface area contributed by atoms with E-state index in [1.54, 1.807) is 35.6 Å². The van der Waals surface area contributed by atoms with Gasteiger partial charge in [0.05, 0.1) is 11.4 Å². The first-order chi connectivity index (χ1) is 14.1. The number of hydrogen-bond donors (Lipinski definition) is 0. The van der Waals surface area contributed by atoms with Crippen molar-refractivity contribution >= 4 is 33.6 Å². The van der Waals surface area contributed by atoms with Crippen molar-refractivity contribution in [1.82, 2.24) is 19.0 Å². The number of aromatic nitrogens is 2. The van der Waals surface area contributed by atoms with Crippen LogP contribution in [0, 0.1) is 13.8 Å². The van der Waals surface area contributed by atoms with E-state index in [4.69, 9.17) is 11.6 Å². The molecule has 3 rings (SSSR count). The normalized spacial score (nSPS) is 16.0. The van der Waals surface area contributed by atoms with Gasteiger partial charge in [-0.2, -0.15) is 9.40 Å². The molecule has 30 heavy (non-hydrogen) atoms. The summed E-state index contributed by atoms with van der Waals surface area (Å²) >= 11 is 6.11. The van der Waals surface area contributed by atoms with Crippen molar-refractivity contribution in [3.63, 3.8) is 0 Å². The second-order valence-corrected chi connectivity index (χ2v) is 9.90. The molecule has 1 aliphatic rings. The standard InChI is InChI=1S/C21H27ClN4O3S/c1-15(2)26-17(4)21(16(3)23-26)30(28,29)25-13-11-24(12-14-25)20(27)10-9-18-7-5-6-8-19(18)22/h5-10,15H,11-14H2,1-4H3. The Labute approximate surface area is 183 Å². The molecular formula is C21H27ClN4O3S. The Morgan fingerprint density at radius 1 is 1.13 bits per heavy atom. The highest BCUT2D eigenvalue weighted by molar-refractivity contribution is 7.89. The summed E-state index contributed by atoms with van der Waals surface area (Å²) < 4.78 is 29.6. The van der Waals surface area contributed by atoms with E-state index in [-0.39, 0.29) is 29.9 Å². The van der Waals surface area contributed by atoms with Crippen LogP contribution in [-0.4, -0.2) is 59.5 Å². The third kappa shape index (κ3) is 4.45. The van der Waals surface area contributed by atoms with Gasteiger partial charge in [-0.05, 0) is 45.4 Å². The van der Waals surface area contributed by atoms with Crippen molar-refractivity contribution < 1.29 is 13.2 Å². The van der Waals surface area contributed by atoms with Crippen LogP contribution < -0.4 is 0 Å². The van der Waals surface area contributed by atoms with Gasteiger partial charge in [-0.15, -0.1) is 0 Å². The number of aryl methyl sites for hydroxylation is 1. The quantitative estimate of drug-likeness (QED) is 0.655. The predicted octanol–water partition coefficient (Wildman–Crippen LogP) is 3.28. The van der Waals surface area contributed by atoms with Crippen molar-refractivity contribution in [3.05, 3.63) is 52.3 Å². The van der Waals surface area contributed by atoms with E-state index in [0.29, 0.717) is 29.5 Å². The van der Waals surface area contributed by atoms with E-state index >= 15 is 0 Å². The summed E-state index contributed by atoms with van der Waals surface area (Å²) in [4.78, 5) is 14.4. The van der Waals surface area contributed by atoms with Crippen LogP contribution in [0.3, 0.4) is 0 Å². The van der Waals surface area contributed by atoms with Crippen LogP contribution in [0.2, 0.25) is 5.02 Å². The highest BCUT2D eigenvalue weighted by Crippen LogP contribution is 2.26. The average molecular weight is 451 g/mol. The fraction of sp³-hybridized carbons (Fsp3) is 0.429. The Bertz CT molecular complexity index is 1070. The molecule has 0 saturated carbocycles. The molecule has 7 nitrogen and oxygen atoms in total. The lowest BCUT2D eigenvalue weighted by atomic mass is 10.2. The Morgan fingerprint density at radius 2 is 1.77 bits per heavy atom. The lowest BCUT2D eigenvalue weighted by Gasteiger charge is -2.33. The minimum Gasteiger partial charge on any atom is -0.337 e. The lowest BCUT2D eigenvalue weighted by molar-refractivity contribution is -0.127. The van der Waals surface area contributed by atoms with Gasteiger partial charge in [0.1, 0.15) is 4.90 Å². The van der Waals surface area contributed by atoms with Gasteiger partial charge >= 0.3 is 0 Å². The zero-order valence-electron chi connectivity index (χ0n) is 17.7. The van der Waals surface area contributed by atoms with E-state index < -0.39 is 10.0 Å². The molecule has 1 aliphatic heterocycles. The minimum atomic E-state index is -3.67. The van der Waals surface area contributed by atoms with Crippen molar-refractivity contribution in [2.24, 2.45) is 0 Å². The van der Waals surface area contributed by atoms with Crippen LogP contribution in [0.15, 0.2) is 35.2 Å². The van der Waals surface area contributed by atoms with Gasteiger partial charge in [-0.25, -0.2) is 8.42 Å². The molecule has 0 spiro atoms. The summed E-state index contributed by atoms with van der Waals surface area (Å²) in [5, 5.41) is 4.97. The third-order valence-corrected chi connectivity index (χ3v) is 7.70. The molecule has 1 saturated heterocycles. The van der Waals surface area contributed by atoms with Crippen LogP contribution in [0.4, 0.5) is 0 Å². The van der Waals surface area contributed by atoms with Crippen molar-refractivity contribution in [3.8, 4) is 0 Å². The maximum Gasteiger partial charge on any atom is 0.246 e. The number of nitrogens with zero attached hydrogens (tertiary/aromatic N) is 4. The monoisotopic (exact) mass is 450 g/mol. The number of amides is 1. The molecule has 2 heterocycles. The molecule has 1 fully saturated rings. The number of carbonyl (C=O) groups excluding carboxylic acids is 1. The molecule has 0 unspecified atom stereocenters. The first-order valence-electron chi connectivity index (χ1n) is 9.90. The van der Waals surface area contributed by atoms with E-state index in [1.807, 2.05) is 32.0 Å². The van der Waals surface area contributed by atoms with Crippen LogP contribution >= 0.6 is 11.6 Å². The molecular weight excluding hydrogens is 424 g/mol. The van der Waals surface area contributed by atoms with Crippen LogP contribution in [0.5, 0.6) is 0 Å². The van der Waals surface area contributed by atoms with Gasteiger partial charge in [0, 0.05) is 43.3 Å². The summed E-state index contributed by atoms with van der Waals surface area (Å²) in [6, 6.07) is 7.35. The van der Waals surface area contributed by atoms with Crippen molar-refractivity contribution in [2.45, 2.75) is 38.6 Å². The van der Waals surface area contributed by atoms with Crippen LogP contribution in [-0.2, 0) is 14.8 Å². The zero-order valence-corrected chi connectivity index (χ0v) is 19.2. The molecule has 0 atom stereocenters. The first kappa shape index (κ1) is 22.5. The number of hydrogen-bond acceptors (Lipinski definition) is 4. The highest BCUT2D eigenvalue weighted by Gasteiger charge is 2.34. The van der Waals surface area contributed by atoms with Gasteiger partial charge in [0.15, 0.2) is 0 Å². The minimum absolute atomic E-state index is 0.0759. The maximum absolute atomic E-state index is 13.2. The van der Waals surface area contributed by atoms with E-state index in [2.05, 4.69) is 5.10 Å². The molecule has 1 amide bonds. The first-order valence-corrected chi connectivity index (χ1v) is 11.7. The fourth-order valence-corrected chi connectivity index (χ4v) is 5.66. The molecule has 9 heteroatoms. The van der Waals surface area contributed by atoms with E-state index in [0.717, 1.165) is 5.56 Å². The Hall–Kier alpha value is -2.16. The Morgan fingerprint density at radius 3 is 2.33 bits per heavy atom. The molecule has 1 aromatic heterocycles. The predicted molar refractivity (Wildman–Crippen MR) is 118 cm³/mol. The molecule has 0 radical (unpaired) electrons. The summed E-state index contributed by atoms with van der Waals surface area (Å²) in [5.41, 5.74) is 1.91. The molecule has 2 aromatic rings. The molecule has 0 bridgehead atoms. The number of piperazine rings is 1. The molecule has 0 N–H and O–H groups in total. The number of sulfonamides is 1. The van der Waals surface area contributed by atoms with Crippen molar-refractivity contribution in [1.29, 1.82) is 0 Å². The van der Waals surface area contributed by atoms with E-state index in [1.165, 1.54) is 10.4 Å². The van der Waals surface area contributed by atoms with Crippen LogP contribution in [0.25, 0.3) is 6.08 Å². The van der Waals surface area contributed by atoms with Gasteiger partial charge in [0.25, 0.3) is 0 Å². The topological polar surface area (TPSA) is 75.5 Å². The fourth-order valence-electron chi connectivity index (χ4n) is 3.68. The highest BCUT2D eigenvalue weighted by atomic mass is 35.5. The number of rotatable bonds is 5. The lowest BCUT2D eigenvalue weighted by Crippen LogP contribution is -2.50.